The summed E-state index contributed by atoms with van der Waals surface area (Å²) in [6.45, 7) is 3.43. The van der Waals surface area contributed by atoms with Gasteiger partial charge in [0.15, 0.2) is 5.17 Å². The van der Waals surface area contributed by atoms with Crippen molar-refractivity contribution in [1.82, 2.24) is 0 Å². The molecular formula is C18H18N2O4S2. The van der Waals surface area contributed by atoms with Crippen LogP contribution in [-0.4, -0.2) is 31.9 Å². The predicted molar refractivity (Wildman–Crippen MR) is 103 cm³/mol. The van der Waals surface area contributed by atoms with Crippen molar-refractivity contribution >= 4 is 38.5 Å². The van der Waals surface area contributed by atoms with Crippen molar-refractivity contribution in [2.45, 2.75) is 24.0 Å². The molecule has 3 rings (SSSR count). The minimum absolute atomic E-state index is 0.121. The summed E-state index contributed by atoms with van der Waals surface area (Å²) >= 11 is 1.11. The average molecular weight is 390 g/mol. The molecule has 0 aromatic heterocycles. The Kier molecular flexibility index (Phi) is 5.06. The monoisotopic (exact) mass is 390 g/mol. The average Bonchev–Trinajstić information content (AvgIpc) is 2.88. The van der Waals surface area contributed by atoms with Crippen molar-refractivity contribution in [1.29, 1.82) is 0 Å². The molecule has 136 valence electrons. The van der Waals surface area contributed by atoms with Gasteiger partial charge in [-0.25, -0.2) is 0 Å². The zero-order chi connectivity index (χ0) is 18.9. The topological polar surface area (TPSA) is 76.0 Å². The van der Waals surface area contributed by atoms with Gasteiger partial charge in [0.05, 0.1) is 22.9 Å². The molecule has 0 aliphatic carbocycles. The maximum Gasteiger partial charge on any atom is 0.285 e. The fourth-order valence-corrected chi connectivity index (χ4v) is 5.03. The minimum atomic E-state index is -3.95. The van der Waals surface area contributed by atoms with E-state index in [-0.39, 0.29) is 16.0 Å². The molecule has 6 nitrogen and oxygen atoms in total. The van der Waals surface area contributed by atoms with Gasteiger partial charge in [0.1, 0.15) is 5.75 Å². The van der Waals surface area contributed by atoms with Gasteiger partial charge in [-0.15, -0.1) is 4.40 Å². The van der Waals surface area contributed by atoms with Crippen LogP contribution in [0.4, 0.5) is 5.69 Å². The third kappa shape index (κ3) is 3.34. The molecule has 2 aromatic rings. The van der Waals surface area contributed by atoms with E-state index < -0.39 is 15.3 Å². The van der Waals surface area contributed by atoms with Gasteiger partial charge in [0, 0.05) is 0 Å². The molecule has 0 saturated carbocycles. The molecule has 1 fully saturated rings. The van der Waals surface area contributed by atoms with E-state index in [2.05, 4.69) is 4.40 Å². The summed E-state index contributed by atoms with van der Waals surface area (Å²) in [7, 11) is -2.45. The Bertz CT molecular complexity index is 986. The van der Waals surface area contributed by atoms with Gasteiger partial charge < -0.3 is 4.74 Å². The van der Waals surface area contributed by atoms with Gasteiger partial charge in [0.2, 0.25) is 5.91 Å². The number of sulfonamides is 1. The minimum Gasteiger partial charge on any atom is -0.495 e. The molecule has 8 heteroatoms. The molecule has 1 atom stereocenters. The van der Waals surface area contributed by atoms with Crippen molar-refractivity contribution in [2.24, 2.45) is 4.40 Å². The number of anilines is 1. The Labute approximate surface area is 156 Å². The molecule has 0 spiro atoms. The number of carbonyl (C=O) groups is 1. The van der Waals surface area contributed by atoms with Gasteiger partial charge in [0.25, 0.3) is 10.0 Å². The number of para-hydroxylation sites is 2. The van der Waals surface area contributed by atoms with Gasteiger partial charge in [-0.1, -0.05) is 42.1 Å². The van der Waals surface area contributed by atoms with Crippen LogP contribution < -0.4 is 9.64 Å². The number of thioether (sulfide) groups is 1. The number of amides is 1. The molecule has 1 aliphatic heterocycles. The van der Waals surface area contributed by atoms with Gasteiger partial charge in [-0.3, -0.25) is 9.69 Å². The number of methoxy groups -OCH3 is 1. The van der Waals surface area contributed by atoms with Crippen molar-refractivity contribution < 1.29 is 17.9 Å². The number of benzene rings is 2. The number of aryl methyl sites for hydroxylation is 1. The van der Waals surface area contributed by atoms with Crippen LogP contribution in [0.3, 0.4) is 0 Å². The summed E-state index contributed by atoms with van der Waals surface area (Å²) in [6.07, 6.45) is 0. The second-order valence-corrected chi connectivity index (χ2v) is 8.60. The summed E-state index contributed by atoms with van der Waals surface area (Å²) in [5.41, 5.74) is 1.07. The molecule has 0 N–H and O–H groups in total. The van der Waals surface area contributed by atoms with Crippen molar-refractivity contribution in [3.8, 4) is 5.75 Å². The van der Waals surface area contributed by atoms with Crippen molar-refractivity contribution in [2.75, 3.05) is 12.0 Å². The van der Waals surface area contributed by atoms with E-state index in [1.54, 1.807) is 56.3 Å². The third-order valence-corrected chi connectivity index (χ3v) is 6.52. The predicted octanol–water partition coefficient (Wildman–Crippen LogP) is 3.22. The second kappa shape index (κ2) is 7.13. The first-order valence-corrected chi connectivity index (χ1v) is 10.2. The third-order valence-electron chi connectivity index (χ3n) is 3.94. The van der Waals surface area contributed by atoms with E-state index in [1.807, 2.05) is 0 Å². The second-order valence-electron chi connectivity index (χ2n) is 5.72. The number of carbonyl (C=O) groups excluding carboxylic acids is 1. The zero-order valence-electron chi connectivity index (χ0n) is 14.5. The highest BCUT2D eigenvalue weighted by Gasteiger charge is 2.39. The number of amidine groups is 1. The first kappa shape index (κ1) is 18.5. The van der Waals surface area contributed by atoms with Gasteiger partial charge in [-0.2, -0.15) is 8.42 Å². The summed E-state index contributed by atoms with van der Waals surface area (Å²) in [5, 5.41) is -0.319. The number of ether oxygens (including phenoxy) is 1. The van der Waals surface area contributed by atoms with Crippen LogP contribution in [0.2, 0.25) is 0 Å². The molecule has 1 aliphatic rings. The smallest absolute Gasteiger partial charge is 0.285 e. The standard InChI is InChI=1S/C18H18N2O4S2/c1-12-8-4-7-11-16(12)26(22,23)19-18-20(17(21)13(2)25-18)14-9-5-6-10-15(14)24-3/h4-11,13H,1-3H3/t13-/m0/s1. The fraction of sp³-hybridized carbons (Fsp3) is 0.222. The van der Waals surface area contributed by atoms with Crippen LogP contribution >= 0.6 is 11.8 Å². The summed E-state index contributed by atoms with van der Waals surface area (Å²) < 4.78 is 34.9. The lowest BCUT2D eigenvalue weighted by atomic mass is 10.2. The molecular weight excluding hydrogens is 372 g/mol. The molecule has 0 bridgehead atoms. The molecule has 2 aromatic carbocycles. The Morgan fingerprint density at radius 2 is 1.77 bits per heavy atom. The van der Waals surface area contributed by atoms with E-state index in [0.717, 1.165) is 11.8 Å². The molecule has 26 heavy (non-hydrogen) atoms. The molecule has 0 unspecified atom stereocenters. The first-order valence-electron chi connectivity index (χ1n) is 7.89. The Morgan fingerprint density at radius 3 is 2.46 bits per heavy atom. The van der Waals surface area contributed by atoms with Crippen LogP contribution in [-0.2, 0) is 14.8 Å². The molecule has 0 radical (unpaired) electrons. The number of hydrogen-bond donors (Lipinski definition) is 0. The lowest BCUT2D eigenvalue weighted by Crippen LogP contribution is -2.32. The summed E-state index contributed by atoms with van der Waals surface area (Å²) in [6, 6.07) is 13.6. The van der Waals surface area contributed by atoms with Crippen LogP contribution in [0.15, 0.2) is 57.8 Å². The van der Waals surface area contributed by atoms with E-state index in [9.17, 15) is 13.2 Å². The number of rotatable bonds is 4. The van der Waals surface area contributed by atoms with Crippen molar-refractivity contribution in [3.05, 3.63) is 54.1 Å². The Morgan fingerprint density at radius 1 is 1.12 bits per heavy atom. The zero-order valence-corrected chi connectivity index (χ0v) is 16.2. The summed E-state index contributed by atoms with van der Waals surface area (Å²) in [5.74, 6) is 0.231. The van der Waals surface area contributed by atoms with Crippen molar-refractivity contribution in [3.63, 3.8) is 0 Å². The van der Waals surface area contributed by atoms with Gasteiger partial charge in [-0.05, 0) is 37.6 Å². The van der Waals surface area contributed by atoms with Gasteiger partial charge >= 0.3 is 0 Å². The van der Waals surface area contributed by atoms with Crippen LogP contribution in [0.5, 0.6) is 5.75 Å². The van der Waals surface area contributed by atoms with Crippen LogP contribution in [0.1, 0.15) is 12.5 Å². The molecule has 1 saturated heterocycles. The lowest BCUT2D eigenvalue weighted by molar-refractivity contribution is -0.116. The maximum absolute atomic E-state index is 12.8. The van der Waals surface area contributed by atoms with E-state index >= 15 is 0 Å². The van der Waals surface area contributed by atoms with Crippen LogP contribution in [0.25, 0.3) is 0 Å². The van der Waals surface area contributed by atoms with E-state index in [0.29, 0.717) is 17.0 Å². The van der Waals surface area contributed by atoms with E-state index in [1.165, 1.54) is 18.1 Å². The summed E-state index contributed by atoms with van der Waals surface area (Å²) in [4.78, 5) is 14.1. The largest absolute Gasteiger partial charge is 0.495 e. The Hall–Kier alpha value is -2.32. The quantitative estimate of drug-likeness (QED) is 0.801. The van der Waals surface area contributed by atoms with E-state index in [4.69, 9.17) is 4.74 Å². The maximum atomic E-state index is 12.8. The fourth-order valence-electron chi connectivity index (χ4n) is 2.63. The SMILES string of the molecule is COc1ccccc1N1C(=O)[C@H](C)SC1=NS(=O)(=O)c1ccccc1C. The highest BCUT2D eigenvalue weighted by Crippen LogP contribution is 2.37. The highest BCUT2D eigenvalue weighted by atomic mass is 32.2. The normalized spacial score (nSPS) is 19.2. The lowest BCUT2D eigenvalue weighted by Gasteiger charge is -2.19. The number of nitrogens with zero attached hydrogens (tertiary/aromatic N) is 2. The number of hydrogen-bond acceptors (Lipinski definition) is 5. The molecule has 1 amide bonds. The van der Waals surface area contributed by atoms with Crippen LogP contribution in [0, 0.1) is 6.92 Å². The highest BCUT2D eigenvalue weighted by molar-refractivity contribution is 8.16. The Balaban J connectivity index is 2.12. The molecule has 1 heterocycles. The first-order chi connectivity index (χ1) is 12.3.